The Labute approximate surface area is 140 Å². The fourth-order valence-electron chi connectivity index (χ4n) is 3.42. The molecular formula is C17H21N5O2. The lowest BCUT2D eigenvalue weighted by Gasteiger charge is -2.32. The van der Waals surface area contributed by atoms with Gasteiger partial charge in [0.2, 0.25) is 0 Å². The number of H-pyrrole nitrogens is 1. The van der Waals surface area contributed by atoms with Gasteiger partial charge in [-0.05, 0) is 38.7 Å². The van der Waals surface area contributed by atoms with E-state index in [1.54, 1.807) is 6.20 Å². The van der Waals surface area contributed by atoms with Crippen molar-refractivity contribution in [2.45, 2.75) is 38.7 Å². The van der Waals surface area contributed by atoms with Crippen molar-refractivity contribution < 1.29 is 9.53 Å². The molecule has 24 heavy (non-hydrogen) atoms. The number of amides is 1. The smallest absolute Gasteiger partial charge is 0.274 e. The Hall–Kier alpha value is -2.28. The molecule has 1 saturated heterocycles. The lowest BCUT2D eigenvalue weighted by atomic mass is 9.95. The van der Waals surface area contributed by atoms with Gasteiger partial charge in [0.05, 0.1) is 13.2 Å². The predicted octanol–water partition coefficient (Wildman–Crippen LogP) is 1.60. The number of morpholine rings is 1. The van der Waals surface area contributed by atoms with Crippen molar-refractivity contribution in [3.63, 3.8) is 0 Å². The van der Waals surface area contributed by atoms with Gasteiger partial charge in [-0.3, -0.25) is 9.89 Å². The van der Waals surface area contributed by atoms with E-state index in [2.05, 4.69) is 20.2 Å². The molecule has 1 fully saturated rings. The molecule has 0 saturated carbocycles. The van der Waals surface area contributed by atoms with Gasteiger partial charge in [-0.2, -0.15) is 5.10 Å². The van der Waals surface area contributed by atoms with Crippen molar-refractivity contribution >= 4 is 5.91 Å². The number of rotatable bonds is 2. The zero-order valence-electron chi connectivity index (χ0n) is 13.8. The zero-order valence-corrected chi connectivity index (χ0v) is 13.8. The average Bonchev–Trinajstić information content (AvgIpc) is 3.05. The van der Waals surface area contributed by atoms with Gasteiger partial charge in [-0.25, -0.2) is 9.97 Å². The van der Waals surface area contributed by atoms with Gasteiger partial charge in [-0.1, -0.05) is 0 Å². The molecular weight excluding hydrogens is 306 g/mol. The number of ether oxygens (including phenoxy) is 1. The Bertz CT molecular complexity index is 757. The number of carbonyl (C=O) groups is 1. The summed E-state index contributed by atoms with van der Waals surface area (Å²) in [6.45, 7) is 3.44. The molecule has 2 aromatic heterocycles. The van der Waals surface area contributed by atoms with Crippen LogP contribution in [-0.2, 0) is 17.6 Å². The molecule has 0 aromatic carbocycles. The van der Waals surface area contributed by atoms with Gasteiger partial charge < -0.3 is 9.64 Å². The highest BCUT2D eigenvalue weighted by atomic mass is 16.5. The lowest BCUT2D eigenvalue weighted by Crippen LogP contribution is -2.43. The first-order valence-corrected chi connectivity index (χ1v) is 8.49. The molecule has 3 heterocycles. The normalized spacial score (nSPS) is 20.7. The number of aromatic amines is 1. The topological polar surface area (TPSA) is 84.0 Å². The van der Waals surface area contributed by atoms with Crippen LogP contribution in [0.2, 0.25) is 0 Å². The van der Waals surface area contributed by atoms with Crippen LogP contribution in [0.3, 0.4) is 0 Å². The minimum Gasteiger partial charge on any atom is -0.367 e. The highest BCUT2D eigenvalue weighted by Gasteiger charge is 2.31. The Morgan fingerprint density at radius 1 is 1.38 bits per heavy atom. The monoisotopic (exact) mass is 327 g/mol. The van der Waals surface area contributed by atoms with Gasteiger partial charge in [0, 0.05) is 29.7 Å². The van der Waals surface area contributed by atoms with E-state index in [-0.39, 0.29) is 12.0 Å². The first-order valence-electron chi connectivity index (χ1n) is 8.49. The molecule has 2 aromatic rings. The zero-order chi connectivity index (χ0) is 16.5. The van der Waals surface area contributed by atoms with E-state index in [1.165, 1.54) is 0 Å². The lowest BCUT2D eigenvalue weighted by molar-refractivity contribution is -0.0271. The van der Waals surface area contributed by atoms with Crippen LogP contribution in [0.25, 0.3) is 0 Å². The molecule has 0 spiro atoms. The van der Waals surface area contributed by atoms with Crippen molar-refractivity contribution in [3.8, 4) is 0 Å². The minimum absolute atomic E-state index is 0.0182. The fourth-order valence-corrected chi connectivity index (χ4v) is 3.42. The third-order valence-corrected chi connectivity index (χ3v) is 4.71. The quantitative estimate of drug-likeness (QED) is 0.906. The second-order valence-corrected chi connectivity index (χ2v) is 6.40. The highest BCUT2D eigenvalue weighted by molar-refractivity contribution is 5.94. The Kier molecular flexibility index (Phi) is 4.02. The maximum absolute atomic E-state index is 12.9. The van der Waals surface area contributed by atoms with Gasteiger partial charge in [0.15, 0.2) is 11.5 Å². The summed E-state index contributed by atoms with van der Waals surface area (Å²) in [5.74, 6) is 0.618. The maximum atomic E-state index is 12.9. The molecule has 1 N–H and O–H groups in total. The number of carbonyl (C=O) groups excluding carboxylic acids is 1. The van der Waals surface area contributed by atoms with Crippen LogP contribution in [0.15, 0.2) is 12.3 Å². The van der Waals surface area contributed by atoms with Gasteiger partial charge >= 0.3 is 0 Å². The van der Waals surface area contributed by atoms with Gasteiger partial charge in [0.25, 0.3) is 5.91 Å². The summed E-state index contributed by atoms with van der Waals surface area (Å²) in [7, 11) is 0. The van der Waals surface area contributed by atoms with E-state index in [0.717, 1.165) is 42.6 Å². The van der Waals surface area contributed by atoms with Crippen LogP contribution in [0.1, 0.15) is 52.2 Å². The van der Waals surface area contributed by atoms with E-state index in [9.17, 15) is 4.79 Å². The Morgan fingerprint density at radius 3 is 3.12 bits per heavy atom. The molecule has 0 unspecified atom stereocenters. The van der Waals surface area contributed by atoms with E-state index in [0.29, 0.717) is 31.2 Å². The molecule has 0 radical (unpaired) electrons. The number of nitrogens with one attached hydrogen (secondary N) is 1. The second-order valence-electron chi connectivity index (χ2n) is 6.40. The number of hydrogen-bond acceptors (Lipinski definition) is 5. The summed E-state index contributed by atoms with van der Waals surface area (Å²) in [5, 5.41) is 7.34. The van der Waals surface area contributed by atoms with Gasteiger partial charge in [0.1, 0.15) is 6.10 Å². The maximum Gasteiger partial charge on any atom is 0.274 e. The highest BCUT2D eigenvalue weighted by Crippen LogP contribution is 2.25. The fraction of sp³-hybridized carbons (Fsp3) is 0.529. The Balaban J connectivity index is 1.54. The first kappa shape index (κ1) is 15.3. The molecule has 1 amide bonds. The number of nitrogens with zero attached hydrogens (tertiary/aromatic N) is 4. The van der Waals surface area contributed by atoms with Crippen molar-refractivity contribution in [2.24, 2.45) is 0 Å². The third-order valence-electron chi connectivity index (χ3n) is 4.71. The van der Waals surface area contributed by atoms with Crippen LogP contribution in [0.4, 0.5) is 0 Å². The first-order chi connectivity index (χ1) is 11.7. The summed E-state index contributed by atoms with van der Waals surface area (Å²) in [6.07, 6.45) is 5.65. The number of aromatic nitrogens is 4. The summed E-state index contributed by atoms with van der Waals surface area (Å²) in [4.78, 5) is 23.5. The third kappa shape index (κ3) is 2.80. The number of fused-ring (bicyclic) bond motifs is 1. The van der Waals surface area contributed by atoms with E-state index in [1.807, 2.05) is 17.9 Å². The summed E-state index contributed by atoms with van der Waals surface area (Å²) >= 11 is 0. The summed E-state index contributed by atoms with van der Waals surface area (Å²) in [5.41, 5.74) is 3.70. The van der Waals surface area contributed by atoms with E-state index in [4.69, 9.17) is 4.74 Å². The molecule has 1 aliphatic heterocycles. The van der Waals surface area contributed by atoms with E-state index < -0.39 is 0 Å². The van der Waals surface area contributed by atoms with Crippen molar-refractivity contribution in [3.05, 3.63) is 40.7 Å². The van der Waals surface area contributed by atoms with Crippen LogP contribution in [-0.4, -0.2) is 50.7 Å². The van der Waals surface area contributed by atoms with Crippen LogP contribution >= 0.6 is 0 Å². The van der Waals surface area contributed by atoms with E-state index >= 15 is 0 Å². The number of aryl methyl sites for hydroxylation is 2. The van der Waals surface area contributed by atoms with Crippen LogP contribution in [0.5, 0.6) is 0 Å². The van der Waals surface area contributed by atoms with Crippen molar-refractivity contribution in [1.82, 2.24) is 25.1 Å². The summed E-state index contributed by atoms with van der Waals surface area (Å²) < 4.78 is 5.78. The molecule has 7 heteroatoms. The standard InChI is InChI=1S/C17H21N5O2/c1-11-6-7-18-16(19-11)14-10-22(8-9-24-14)17(23)15-12-4-2-3-5-13(12)20-21-15/h6-7,14H,2-5,8-10H2,1H3,(H,20,21)/t14-/m1/s1. The van der Waals surface area contributed by atoms with Gasteiger partial charge in [-0.15, -0.1) is 0 Å². The SMILES string of the molecule is Cc1ccnc([C@H]2CN(C(=O)c3n[nH]c4c3CCCC4)CCO2)n1. The van der Waals surface area contributed by atoms with Crippen molar-refractivity contribution in [2.75, 3.05) is 19.7 Å². The predicted molar refractivity (Wildman–Crippen MR) is 86.6 cm³/mol. The average molecular weight is 327 g/mol. The minimum atomic E-state index is -0.280. The molecule has 1 aliphatic carbocycles. The molecule has 4 rings (SSSR count). The van der Waals surface area contributed by atoms with Crippen molar-refractivity contribution in [1.29, 1.82) is 0 Å². The molecule has 2 aliphatic rings. The summed E-state index contributed by atoms with van der Waals surface area (Å²) in [6, 6.07) is 1.85. The number of hydrogen-bond donors (Lipinski definition) is 1. The Morgan fingerprint density at radius 2 is 2.25 bits per heavy atom. The largest absolute Gasteiger partial charge is 0.367 e. The second kappa shape index (κ2) is 6.32. The molecule has 0 bridgehead atoms. The van der Waals surface area contributed by atoms with Crippen LogP contribution < -0.4 is 0 Å². The van der Waals surface area contributed by atoms with Crippen LogP contribution in [0, 0.1) is 6.92 Å². The molecule has 1 atom stereocenters. The molecule has 7 nitrogen and oxygen atoms in total. The molecule has 126 valence electrons.